The molecule has 0 spiro atoms. The van der Waals surface area contributed by atoms with Gasteiger partial charge in [-0.15, -0.1) is 0 Å². The normalized spacial score (nSPS) is 25.0. The second-order valence-electron chi connectivity index (χ2n) is 6.38. The second-order valence-corrected chi connectivity index (χ2v) is 6.38. The molecule has 0 amide bonds. The van der Waals surface area contributed by atoms with Crippen LogP contribution in [-0.2, 0) is 9.47 Å². The maximum Gasteiger partial charge on any atom is 0.234 e. The predicted molar refractivity (Wildman–Crippen MR) is 79.1 cm³/mol. The van der Waals surface area contributed by atoms with Crippen molar-refractivity contribution in [2.75, 3.05) is 13.2 Å². The monoisotopic (exact) mass is 280 g/mol. The van der Waals surface area contributed by atoms with Crippen molar-refractivity contribution in [2.45, 2.75) is 70.7 Å². The van der Waals surface area contributed by atoms with E-state index in [0.717, 1.165) is 38.9 Å². The van der Waals surface area contributed by atoms with Gasteiger partial charge >= 0.3 is 0 Å². The molecule has 1 aliphatic heterocycles. The molecule has 0 bridgehead atoms. The molecule has 3 nitrogen and oxygen atoms in total. The zero-order valence-electron chi connectivity index (χ0n) is 12.9. The molecule has 0 aromatic heterocycles. The molecule has 1 saturated carbocycles. The third kappa shape index (κ3) is 4.48. The second kappa shape index (κ2) is 7.45. The van der Waals surface area contributed by atoms with Crippen LogP contribution in [-0.4, -0.2) is 30.2 Å². The molecule has 1 saturated heterocycles. The van der Waals surface area contributed by atoms with E-state index in [1.807, 2.05) is 13.8 Å². The third-order valence-corrected chi connectivity index (χ3v) is 4.21. The maximum absolute atomic E-state index is 11.0. The molecule has 0 radical (unpaired) electrons. The van der Waals surface area contributed by atoms with Gasteiger partial charge in [0.1, 0.15) is 0 Å². The first-order valence-corrected chi connectivity index (χ1v) is 8.11. The largest absolute Gasteiger partial charge is 0.381 e. The van der Waals surface area contributed by atoms with E-state index in [2.05, 4.69) is 11.8 Å². The molecule has 1 N–H and O–H groups in total. The van der Waals surface area contributed by atoms with Crippen molar-refractivity contribution < 1.29 is 14.6 Å². The van der Waals surface area contributed by atoms with Gasteiger partial charge in [-0.3, -0.25) is 0 Å². The van der Waals surface area contributed by atoms with Gasteiger partial charge < -0.3 is 14.6 Å². The van der Waals surface area contributed by atoms with Crippen LogP contribution in [0.2, 0.25) is 0 Å². The highest BCUT2D eigenvalue weighted by atomic mass is 16.6. The van der Waals surface area contributed by atoms with Gasteiger partial charge in [-0.1, -0.05) is 39.0 Å². The van der Waals surface area contributed by atoms with Crippen LogP contribution in [0.3, 0.4) is 0 Å². The summed E-state index contributed by atoms with van der Waals surface area (Å²) >= 11 is 0. The first kappa shape index (κ1) is 15.8. The van der Waals surface area contributed by atoms with Crippen LogP contribution in [0, 0.1) is 23.7 Å². The molecule has 2 rings (SSSR count). The summed E-state index contributed by atoms with van der Waals surface area (Å²) in [6, 6.07) is 0. The highest BCUT2D eigenvalue weighted by Gasteiger charge is 2.39. The van der Waals surface area contributed by atoms with E-state index in [4.69, 9.17) is 9.47 Å². The molecule has 114 valence electrons. The fourth-order valence-corrected chi connectivity index (χ4v) is 3.02. The van der Waals surface area contributed by atoms with Gasteiger partial charge in [-0.25, -0.2) is 0 Å². The molecule has 0 aromatic rings. The average molecular weight is 280 g/mol. The van der Waals surface area contributed by atoms with E-state index in [9.17, 15) is 5.11 Å². The van der Waals surface area contributed by atoms with Gasteiger partial charge in [0.25, 0.3) is 0 Å². The lowest BCUT2D eigenvalue weighted by atomic mass is 9.83. The molecule has 2 fully saturated rings. The highest BCUT2D eigenvalue weighted by Crippen LogP contribution is 2.35. The van der Waals surface area contributed by atoms with Crippen molar-refractivity contribution in [3.05, 3.63) is 0 Å². The minimum Gasteiger partial charge on any atom is -0.381 e. The standard InChI is InChI=1S/C17H28O3/c1-14(2)8-11-17(18,15-6-4-3-5-7-15)20-16-9-12-19-13-10-16/h14-16,18H,3-7,9-10,12-13H2,1-2H3/t17-/m0/s1. The van der Waals surface area contributed by atoms with Crippen molar-refractivity contribution in [3.63, 3.8) is 0 Å². The topological polar surface area (TPSA) is 38.7 Å². The summed E-state index contributed by atoms with van der Waals surface area (Å²) < 4.78 is 11.4. The van der Waals surface area contributed by atoms with E-state index in [0.29, 0.717) is 0 Å². The van der Waals surface area contributed by atoms with Crippen molar-refractivity contribution in [2.24, 2.45) is 11.8 Å². The molecule has 2 aliphatic rings. The Morgan fingerprint density at radius 1 is 1.10 bits per heavy atom. The fraction of sp³-hybridized carbons (Fsp3) is 0.882. The van der Waals surface area contributed by atoms with Crippen LogP contribution in [0.25, 0.3) is 0 Å². The predicted octanol–water partition coefficient (Wildman–Crippen LogP) is 3.11. The van der Waals surface area contributed by atoms with Crippen LogP contribution < -0.4 is 0 Å². The lowest BCUT2D eigenvalue weighted by molar-refractivity contribution is -0.236. The molecule has 1 atom stereocenters. The molecule has 1 heterocycles. The van der Waals surface area contributed by atoms with Crippen LogP contribution in [0.15, 0.2) is 0 Å². The van der Waals surface area contributed by atoms with Crippen LogP contribution in [0.1, 0.15) is 58.8 Å². The zero-order chi connectivity index (χ0) is 14.4. The lowest BCUT2D eigenvalue weighted by Gasteiger charge is -2.38. The number of aliphatic hydroxyl groups is 1. The first-order chi connectivity index (χ1) is 9.60. The molecule has 3 heteroatoms. The van der Waals surface area contributed by atoms with Gasteiger partial charge in [-0.05, 0) is 31.6 Å². The Kier molecular flexibility index (Phi) is 5.89. The van der Waals surface area contributed by atoms with E-state index >= 15 is 0 Å². The van der Waals surface area contributed by atoms with Gasteiger partial charge in [0, 0.05) is 25.0 Å². The Balaban J connectivity index is 2.07. The fourth-order valence-electron chi connectivity index (χ4n) is 3.02. The van der Waals surface area contributed by atoms with E-state index in [1.165, 1.54) is 19.3 Å². The van der Waals surface area contributed by atoms with E-state index in [1.54, 1.807) is 0 Å². The van der Waals surface area contributed by atoms with Gasteiger partial charge in [0.15, 0.2) is 0 Å². The van der Waals surface area contributed by atoms with Crippen molar-refractivity contribution in [1.82, 2.24) is 0 Å². The minimum absolute atomic E-state index is 0.0807. The maximum atomic E-state index is 11.0. The van der Waals surface area contributed by atoms with Crippen LogP contribution >= 0.6 is 0 Å². The zero-order valence-corrected chi connectivity index (χ0v) is 12.9. The Labute approximate surface area is 123 Å². The highest BCUT2D eigenvalue weighted by molar-refractivity contribution is 5.13. The summed E-state index contributed by atoms with van der Waals surface area (Å²) in [7, 11) is 0. The Morgan fingerprint density at radius 3 is 2.35 bits per heavy atom. The molecular formula is C17H28O3. The third-order valence-electron chi connectivity index (χ3n) is 4.21. The molecule has 0 aromatic carbocycles. The van der Waals surface area contributed by atoms with Crippen LogP contribution in [0.4, 0.5) is 0 Å². The average Bonchev–Trinajstić information content (AvgIpc) is 2.47. The molecule has 0 unspecified atom stereocenters. The van der Waals surface area contributed by atoms with Crippen LogP contribution in [0.5, 0.6) is 0 Å². The number of hydrogen-bond acceptors (Lipinski definition) is 3. The van der Waals surface area contributed by atoms with Gasteiger partial charge in [0.2, 0.25) is 5.79 Å². The van der Waals surface area contributed by atoms with Crippen molar-refractivity contribution in [1.29, 1.82) is 0 Å². The number of ether oxygens (including phenoxy) is 2. The molecule has 1 aliphatic carbocycles. The van der Waals surface area contributed by atoms with Gasteiger partial charge in [0.05, 0.1) is 6.10 Å². The molecular weight excluding hydrogens is 252 g/mol. The Morgan fingerprint density at radius 2 is 1.75 bits per heavy atom. The van der Waals surface area contributed by atoms with Gasteiger partial charge in [-0.2, -0.15) is 0 Å². The summed E-state index contributed by atoms with van der Waals surface area (Å²) in [5.74, 6) is 5.33. The van der Waals surface area contributed by atoms with Crippen molar-refractivity contribution >= 4 is 0 Å². The summed E-state index contributed by atoms with van der Waals surface area (Å²) in [5.41, 5.74) is 0. The minimum atomic E-state index is -1.26. The number of hydrogen-bond donors (Lipinski definition) is 1. The number of rotatable bonds is 3. The van der Waals surface area contributed by atoms with E-state index in [-0.39, 0.29) is 17.9 Å². The molecule has 20 heavy (non-hydrogen) atoms. The summed E-state index contributed by atoms with van der Waals surface area (Å²) in [6.07, 6.45) is 7.45. The quantitative estimate of drug-likeness (QED) is 0.637. The summed E-state index contributed by atoms with van der Waals surface area (Å²) in [6.45, 7) is 5.54. The first-order valence-electron chi connectivity index (χ1n) is 8.11. The summed E-state index contributed by atoms with van der Waals surface area (Å²) in [5, 5.41) is 11.0. The van der Waals surface area contributed by atoms with E-state index < -0.39 is 5.79 Å². The summed E-state index contributed by atoms with van der Waals surface area (Å²) in [4.78, 5) is 0. The lowest BCUT2D eigenvalue weighted by Crippen LogP contribution is -2.44. The SMILES string of the molecule is CC(C)C#C[C@](O)(OC1CCOCC1)C1CCCCC1. The Bertz CT molecular complexity index is 343. The Hall–Kier alpha value is -0.560. The van der Waals surface area contributed by atoms with Crippen molar-refractivity contribution in [3.8, 4) is 11.8 Å². The smallest absolute Gasteiger partial charge is 0.234 e.